The summed E-state index contributed by atoms with van der Waals surface area (Å²) in [4.78, 5) is 3.63. The van der Waals surface area contributed by atoms with Gasteiger partial charge in [-0.3, -0.25) is 0 Å². The molecule has 2 aromatic carbocycles. The number of rotatable bonds is 6. The van der Waals surface area contributed by atoms with E-state index in [1.54, 1.807) is 7.11 Å². The molecule has 5 heteroatoms. The molecule has 1 unspecified atom stereocenters. The van der Waals surface area contributed by atoms with E-state index in [0.29, 0.717) is 13.2 Å². The monoisotopic (exact) mass is 366 g/mol. The SMILES string of the molecule is CCOc1ccc2[nH]c3c(c2c1)CCNC3c1cccc(OC)c1OCC. The van der Waals surface area contributed by atoms with E-state index in [-0.39, 0.29) is 6.04 Å². The second-order valence-corrected chi connectivity index (χ2v) is 6.61. The summed E-state index contributed by atoms with van der Waals surface area (Å²) in [6.07, 6.45) is 0.981. The minimum absolute atomic E-state index is 0.0355. The smallest absolute Gasteiger partial charge is 0.166 e. The molecule has 0 saturated heterocycles. The summed E-state index contributed by atoms with van der Waals surface area (Å²) in [5.41, 5.74) is 4.77. The first-order valence-electron chi connectivity index (χ1n) is 9.57. The molecule has 0 bridgehead atoms. The fourth-order valence-corrected chi connectivity index (χ4v) is 3.95. The summed E-state index contributed by atoms with van der Waals surface area (Å²) in [5.74, 6) is 2.48. The van der Waals surface area contributed by atoms with Gasteiger partial charge in [0.2, 0.25) is 0 Å². The first-order chi connectivity index (χ1) is 13.3. The Hall–Kier alpha value is -2.66. The van der Waals surface area contributed by atoms with E-state index in [1.807, 2.05) is 32.0 Å². The minimum atomic E-state index is 0.0355. The zero-order valence-electron chi connectivity index (χ0n) is 16.1. The van der Waals surface area contributed by atoms with Crippen LogP contribution in [-0.4, -0.2) is 31.9 Å². The van der Waals surface area contributed by atoms with Gasteiger partial charge < -0.3 is 24.5 Å². The molecule has 0 radical (unpaired) electrons. The van der Waals surface area contributed by atoms with Crippen LogP contribution in [0.15, 0.2) is 36.4 Å². The van der Waals surface area contributed by atoms with Gasteiger partial charge in [-0.2, -0.15) is 0 Å². The van der Waals surface area contributed by atoms with Crippen molar-refractivity contribution in [1.29, 1.82) is 0 Å². The average Bonchev–Trinajstić information content (AvgIpc) is 3.07. The maximum absolute atomic E-state index is 5.95. The van der Waals surface area contributed by atoms with Crippen LogP contribution in [0.25, 0.3) is 10.9 Å². The fraction of sp³-hybridized carbons (Fsp3) is 0.364. The Labute approximate surface area is 159 Å². The van der Waals surface area contributed by atoms with Crippen LogP contribution in [0.1, 0.15) is 36.7 Å². The van der Waals surface area contributed by atoms with Crippen molar-refractivity contribution in [2.45, 2.75) is 26.3 Å². The topological polar surface area (TPSA) is 55.5 Å². The van der Waals surface area contributed by atoms with Gasteiger partial charge >= 0.3 is 0 Å². The highest BCUT2D eigenvalue weighted by molar-refractivity contribution is 5.87. The van der Waals surface area contributed by atoms with E-state index in [1.165, 1.54) is 16.6 Å². The van der Waals surface area contributed by atoms with Gasteiger partial charge in [0, 0.05) is 28.7 Å². The summed E-state index contributed by atoms with van der Waals surface area (Å²) < 4.78 is 17.2. The number of fused-ring (bicyclic) bond motifs is 3. The van der Waals surface area contributed by atoms with Crippen LogP contribution in [0.5, 0.6) is 17.2 Å². The molecule has 5 nitrogen and oxygen atoms in total. The summed E-state index contributed by atoms with van der Waals surface area (Å²) in [7, 11) is 1.68. The molecule has 0 fully saturated rings. The third kappa shape index (κ3) is 3.12. The highest BCUT2D eigenvalue weighted by atomic mass is 16.5. The van der Waals surface area contributed by atoms with Crippen LogP contribution < -0.4 is 19.5 Å². The zero-order chi connectivity index (χ0) is 18.8. The van der Waals surface area contributed by atoms with E-state index in [2.05, 4.69) is 28.5 Å². The largest absolute Gasteiger partial charge is 0.494 e. The van der Waals surface area contributed by atoms with Crippen LogP contribution in [0.3, 0.4) is 0 Å². The quantitative estimate of drug-likeness (QED) is 0.686. The minimum Gasteiger partial charge on any atom is -0.494 e. The molecular formula is C22H26N2O3. The second kappa shape index (κ2) is 7.53. The molecular weight excluding hydrogens is 340 g/mol. The van der Waals surface area contributed by atoms with Crippen molar-refractivity contribution in [3.8, 4) is 17.2 Å². The normalized spacial score (nSPS) is 16.2. The van der Waals surface area contributed by atoms with Crippen molar-refractivity contribution in [1.82, 2.24) is 10.3 Å². The molecule has 27 heavy (non-hydrogen) atoms. The standard InChI is InChI=1S/C22H26N2O3/c1-4-26-14-9-10-18-17(13-14)15-11-12-23-20(21(15)24-18)16-7-6-8-19(25-3)22(16)27-5-2/h6-10,13,20,23-24H,4-5,11-12H2,1-3H3. The molecule has 0 saturated carbocycles. The molecule has 3 aromatic rings. The highest BCUT2D eigenvalue weighted by Crippen LogP contribution is 2.41. The van der Waals surface area contributed by atoms with Crippen LogP contribution in [0.2, 0.25) is 0 Å². The lowest BCUT2D eigenvalue weighted by Crippen LogP contribution is -2.30. The summed E-state index contributed by atoms with van der Waals surface area (Å²) in [6, 6.07) is 12.4. The highest BCUT2D eigenvalue weighted by Gasteiger charge is 2.28. The molecule has 0 spiro atoms. The number of benzene rings is 2. The van der Waals surface area contributed by atoms with Gasteiger partial charge in [0.25, 0.3) is 0 Å². The molecule has 142 valence electrons. The lowest BCUT2D eigenvalue weighted by Gasteiger charge is -2.27. The third-order valence-electron chi connectivity index (χ3n) is 5.06. The van der Waals surface area contributed by atoms with E-state index in [0.717, 1.165) is 41.3 Å². The van der Waals surface area contributed by atoms with Gasteiger partial charge in [0.1, 0.15) is 5.75 Å². The number of ether oxygens (including phenoxy) is 3. The van der Waals surface area contributed by atoms with Crippen molar-refractivity contribution in [3.05, 3.63) is 53.2 Å². The molecule has 0 aliphatic carbocycles. The van der Waals surface area contributed by atoms with E-state index in [9.17, 15) is 0 Å². The van der Waals surface area contributed by atoms with Crippen LogP contribution >= 0.6 is 0 Å². The number of hydrogen-bond donors (Lipinski definition) is 2. The Bertz CT molecular complexity index is 948. The predicted octanol–water partition coefficient (Wildman–Crippen LogP) is 4.21. The average molecular weight is 366 g/mol. The van der Waals surface area contributed by atoms with Crippen molar-refractivity contribution in [2.24, 2.45) is 0 Å². The van der Waals surface area contributed by atoms with Gasteiger partial charge in [-0.05, 0) is 50.1 Å². The predicted molar refractivity (Wildman–Crippen MR) is 107 cm³/mol. The van der Waals surface area contributed by atoms with E-state index < -0.39 is 0 Å². The van der Waals surface area contributed by atoms with Crippen LogP contribution in [0.4, 0.5) is 0 Å². The van der Waals surface area contributed by atoms with Crippen molar-refractivity contribution in [3.63, 3.8) is 0 Å². The number of nitrogens with one attached hydrogen (secondary N) is 2. The molecule has 4 rings (SSSR count). The van der Waals surface area contributed by atoms with E-state index in [4.69, 9.17) is 14.2 Å². The van der Waals surface area contributed by atoms with Crippen LogP contribution in [0, 0.1) is 0 Å². The number of H-pyrrole nitrogens is 1. The van der Waals surface area contributed by atoms with Crippen molar-refractivity contribution in [2.75, 3.05) is 26.9 Å². The van der Waals surface area contributed by atoms with Gasteiger partial charge in [0.05, 0.1) is 26.4 Å². The fourth-order valence-electron chi connectivity index (χ4n) is 3.95. The zero-order valence-corrected chi connectivity index (χ0v) is 16.1. The van der Waals surface area contributed by atoms with Crippen molar-refractivity contribution < 1.29 is 14.2 Å². The van der Waals surface area contributed by atoms with Gasteiger partial charge in [-0.1, -0.05) is 12.1 Å². The molecule has 1 aliphatic rings. The summed E-state index contributed by atoms with van der Waals surface area (Å²) >= 11 is 0. The Morgan fingerprint density at radius 3 is 2.70 bits per heavy atom. The second-order valence-electron chi connectivity index (χ2n) is 6.61. The van der Waals surface area contributed by atoms with Crippen molar-refractivity contribution >= 4 is 10.9 Å². The molecule has 1 atom stereocenters. The van der Waals surface area contributed by atoms with Gasteiger partial charge in [-0.25, -0.2) is 0 Å². The summed E-state index contributed by atoms with van der Waals surface area (Å²) in [5, 5.41) is 4.88. The Kier molecular flexibility index (Phi) is 4.94. The summed E-state index contributed by atoms with van der Waals surface area (Å²) in [6.45, 7) is 6.18. The lowest BCUT2D eigenvalue weighted by atomic mass is 9.93. The molecule has 2 heterocycles. The Morgan fingerprint density at radius 2 is 1.93 bits per heavy atom. The molecule has 1 aliphatic heterocycles. The van der Waals surface area contributed by atoms with Crippen LogP contribution in [-0.2, 0) is 6.42 Å². The van der Waals surface area contributed by atoms with Gasteiger partial charge in [0.15, 0.2) is 11.5 Å². The number of para-hydroxylation sites is 1. The molecule has 0 amide bonds. The Balaban J connectivity index is 1.83. The Morgan fingerprint density at radius 1 is 1.07 bits per heavy atom. The maximum atomic E-state index is 5.95. The van der Waals surface area contributed by atoms with Gasteiger partial charge in [-0.15, -0.1) is 0 Å². The number of hydrogen-bond acceptors (Lipinski definition) is 4. The first-order valence-corrected chi connectivity index (χ1v) is 9.57. The maximum Gasteiger partial charge on any atom is 0.166 e. The van der Waals surface area contributed by atoms with E-state index >= 15 is 0 Å². The first kappa shape index (κ1) is 17.7. The number of aromatic nitrogens is 1. The number of methoxy groups -OCH3 is 1. The third-order valence-corrected chi connectivity index (χ3v) is 5.06. The number of aromatic amines is 1. The molecule has 1 aromatic heterocycles. The lowest BCUT2D eigenvalue weighted by molar-refractivity contribution is 0.304. The molecule has 2 N–H and O–H groups in total.